The van der Waals surface area contributed by atoms with E-state index in [2.05, 4.69) is 12.2 Å². The molecular weight excluding hydrogens is 402 g/mol. The Morgan fingerprint density at radius 3 is 1.88 bits per heavy atom. The molecule has 182 valence electrons. The van der Waals surface area contributed by atoms with Crippen molar-refractivity contribution in [3.63, 3.8) is 0 Å². The number of rotatable bonds is 19. The summed E-state index contributed by atoms with van der Waals surface area (Å²) >= 11 is 0. The molecule has 0 aliphatic heterocycles. The second-order valence-electron chi connectivity index (χ2n) is 8.60. The van der Waals surface area contributed by atoms with Crippen LogP contribution >= 0.6 is 0 Å². The summed E-state index contributed by atoms with van der Waals surface area (Å²) in [5.41, 5.74) is 0.907. The minimum Gasteiger partial charge on any atom is -0.464 e. The van der Waals surface area contributed by atoms with Crippen molar-refractivity contribution in [2.45, 2.75) is 116 Å². The van der Waals surface area contributed by atoms with E-state index in [1.54, 1.807) is 0 Å². The van der Waals surface area contributed by atoms with Crippen LogP contribution in [-0.2, 0) is 20.9 Å². The number of carbonyl (C=O) groups is 2. The SMILES string of the molecule is CCCCCCCCCCCCCCOC(=O)C(CCC)NC(=O)OCc1ccccc1. The Kier molecular flexibility index (Phi) is 17.2. The van der Waals surface area contributed by atoms with Crippen LogP contribution in [0.4, 0.5) is 4.79 Å². The van der Waals surface area contributed by atoms with Gasteiger partial charge >= 0.3 is 12.1 Å². The van der Waals surface area contributed by atoms with E-state index in [0.717, 1.165) is 24.8 Å². The highest BCUT2D eigenvalue weighted by Crippen LogP contribution is 2.12. The highest BCUT2D eigenvalue weighted by Gasteiger charge is 2.22. The molecule has 1 N–H and O–H groups in total. The summed E-state index contributed by atoms with van der Waals surface area (Å²) in [5.74, 6) is -0.369. The lowest BCUT2D eigenvalue weighted by Gasteiger charge is -2.17. The van der Waals surface area contributed by atoms with Gasteiger partial charge in [0.25, 0.3) is 0 Å². The first-order valence-corrected chi connectivity index (χ1v) is 12.8. The topological polar surface area (TPSA) is 64.6 Å². The summed E-state index contributed by atoms with van der Waals surface area (Å²) in [5, 5.41) is 2.65. The number of hydrogen-bond acceptors (Lipinski definition) is 4. The summed E-state index contributed by atoms with van der Waals surface area (Å²) in [6.07, 6.45) is 16.0. The standard InChI is InChI=1S/C27H45NO4/c1-3-5-6-7-8-9-10-11-12-13-14-18-22-31-26(29)25(19-4-2)28-27(30)32-23-24-20-16-15-17-21-24/h15-17,20-21,25H,3-14,18-19,22-23H2,1-2H3,(H,28,30). The van der Waals surface area contributed by atoms with Gasteiger partial charge in [-0.3, -0.25) is 0 Å². The molecule has 5 nitrogen and oxygen atoms in total. The first-order valence-electron chi connectivity index (χ1n) is 12.8. The van der Waals surface area contributed by atoms with Crippen molar-refractivity contribution in [3.05, 3.63) is 35.9 Å². The maximum Gasteiger partial charge on any atom is 0.408 e. The van der Waals surface area contributed by atoms with Gasteiger partial charge in [0.2, 0.25) is 0 Å². The monoisotopic (exact) mass is 447 g/mol. The smallest absolute Gasteiger partial charge is 0.408 e. The Morgan fingerprint density at radius 1 is 0.750 bits per heavy atom. The van der Waals surface area contributed by atoms with Crippen molar-refractivity contribution >= 4 is 12.1 Å². The highest BCUT2D eigenvalue weighted by molar-refractivity contribution is 5.81. The molecule has 0 aliphatic rings. The van der Waals surface area contributed by atoms with Crippen molar-refractivity contribution in [1.29, 1.82) is 0 Å². The molecule has 1 unspecified atom stereocenters. The molecule has 0 spiro atoms. The molecule has 1 atom stereocenters. The third-order valence-corrected chi connectivity index (χ3v) is 5.61. The van der Waals surface area contributed by atoms with E-state index in [1.165, 1.54) is 64.2 Å². The van der Waals surface area contributed by atoms with Gasteiger partial charge in [-0.05, 0) is 18.4 Å². The fourth-order valence-electron chi connectivity index (χ4n) is 3.66. The Hall–Kier alpha value is -2.04. The van der Waals surface area contributed by atoms with E-state index in [4.69, 9.17) is 9.47 Å². The number of ether oxygens (including phenoxy) is 2. The van der Waals surface area contributed by atoms with Gasteiger partial charge in [0.1, 0.15) is 12.6 Å². The molecule has 1 amide bonds. The van der Waals surface area contributed by atoms with Gasteiger partial charge in [-0.1, -0.05) is 121 Å². The highest BCUT2D eigenvalue weighted by atomic mass is 16.6. The zero-order valence-corrected chi connectivity index (χ0v) is 20.4. The van der Waals surface area contributed by atoms with Gasteiger partial charge in [0.05, 0.1) is 6.61 Å². The van der Waals surface area contributed by atoms with Crippen molar-refractivity contribution < 1.29 is 19.1 Å². The summed E-state index contributed by atoms with van der Waals surface area (Å²) in [6.45, 7) is 4.82. The van der Waals surface area contributed by atoms with Crippen LogP contribution in [0.5, 0.6) is 0 Å². The number of unbranched alkanes of at least 4 members (excludes halogenated alkanes) is 11. The van der Waals surface area contributed by atoms with Crippen LogP contribution in [-0.4, -0.2) is 24.7 Å². The van der Waals surface area contributed by atoms with E-state index in [9.17, 15) is 9.59 Å². The van der Waals surface area contributed by atoms with Crippen LogP contribution in [0.25, 0.3) is 0 Å². The lowest BCUT2D eigenvalue weighted by atomic mass is 10.1. The van der Waals surface area contributed by atoms with Crippen LogP contribution in [0.2, 0.25) is 0 Å². The molecule has 0 aromatic heterocycles. The van der Waals surface area contributed by atoms with Crippen molar-refractivity contribution in [1.82, 2.24) is 5.32 Å². The molecule has 1 aromatic rings. The Balaban J connectivity index is 2.07. The Bertz CT molecular complexity index is 591. The predicted molar refractivity (Wildman–Crippen MR) is 130 cm³/mol. The van der Waals surface area contributed by atoms with Crippen molar-refractivity contribution in [3.8, 4) is 0 Å². The average molecular weight is 448 g/mol. The molecule has 0 fully saturated rings. The third-order valence-electron chi connectivity index (χ3n) is 5.61. The first kappa shape index (κ1) is 28.0. The molecule has 32 heavy (non-hydrogen) atoms. The van der Waals surface area contributed by atoms with Crippen LogP contribution < -0.4 is 5.32 Å². The quantitative estimate of drug-likeness (QED) is 0.178. The number of hydrogen-bond donors (Lipinski definition) is 1. The van der Waals surface area contributed by atoms with Crippen LogP contribution in [0.15, 0.2) is 30.3 Å². The lowest BCUT2D eigenvalue weighted by Crippen LogP contribution is -2.42. The van der Waals surface area contributed by atoms with Crippen molar-refractivity contribution in [2.75, 3.05) is 6.61 Å². The van der Waals surface area contributed by atoms with E-state index < -0.39 is 12.1 Å². The second-order valence-corrected chi connectivity index (χ2v) is 8.60. The number of benzene rings is 1. The van der Waals surface area contributed by atoms with E-state index in [-0.39, 0.29) is 12.6 Å². The van der Waals surface area contributed by atoms with Gasteiger partial charge in [0, 0.05) is 0 Å². The second kappa shape index (κ2) is 19.6. The molecule has 0 heterocycles. The molecule has 1 aromatic carbocycles. The lowest BCUT2D eigenvalue weighted by molar-refractivity contribution is -0.146. The zero-order chi connectivity index (χ0) is 23.3. The minimum atomic E-state index is -0.652. The van der Waals surface area contributed by atoms with Gasteiger partial charge in [-0.2, -0.15) is 0 Å². The number of amides is 1. The third kappa shape index (κ3) is 14.9. The zero-order valence-electron chi connectivity index (χ0n) is 20.4. The fraction of sp³-hybridized carbons (Fsp3) is 0.704. The summed E-state index contributed by atoms with van der Waals surface area (Å²) in [6, 6.07) is 8.82. The fourth-order valence-corrected chi connectivity index (χ4v) is 3.66. The van der Waals surface area contributed by atoms with Gasteiger partial charge in [-0.15, -0.1) is 0 Å². The largest absolute Gasteiger partial charge is 0.464 e. The summed E-state index contributed by atoms with van der Waals surface area (Å²) < 4.78 is 10.6. The molecule has 0 saturated carbocycles. The predicted octanol–water partition coefficient (Wildman–Crippen LogP) is 7.33. The Morgan fingerprint density at radius 2 is 1.31 bits per heavy atom. The normalized spacial score (nSPS) is 11.7. The molecule has 0 radical (unpaired) electrons. The van der Waals surface area contributed by atoms with Crippen LogP contribution in [0, 0.1) is 0 Å². The summed E-state index contributed by atoms with van der Waals surface area (Å²) in [7, 11) is 0. The molecule has 0 bridgehead atoms. The maximum atomic E-state index is 12.4. The van der Waals surface area contributed by atoms with Gasteiger partial charge in [-0.25, -0.2) is 9.59 Å². The number of alkyl carbamates (subject to hydrolysis) is 1. The molecule has 1 rings (SSSR count). The summed E-state index contributed by atoms with van der Waals surface area (Å²) in [4.78, 5) is 24.4. The van der Waals surface area contributed by atoms with Crippen LogP contribution in [0.1, 0.15) is 109 Å². The van der Waals surface area contributed by atoms with E-state index in [1.807, 2.05) is 37.3 Å². The van der Waals surface area contributed by atoms with E-state index in [0.29, 0.717) is 13.0 Å². The molecular formula is C27H45NO4. The first-order chi connectivity index (χ1) is 15.7. The molecule has 0 saturated heterocycles. The van der Waals surface area contributed by atoms with Crippen molar-refractivity contribution in [2.24, 2.45) is 0 Å². The average Bonchev–Trinajstić information content (AvgIpc) is 2.81. The molecule has 5 heteroatoms. The minimum absolute atomic E-state index is 0.180. The molecule has 0 aliphatic carbocycles. The number of nitrogens with one attached hydrogen (secondary N) is 1. The number of carbonyl (C=O) groups excluding carboxylic acids is 2. The van der Waals surface area contributed by atoms with Gasteiger partial charge < -0.3 is 14.8 Å². The maximum absolute atomic E-state index is 12.4. The number of esters is 1. The van der Waals surface area contributed by atoms with Gasteiger partial charge in [0.15, 0.2) is 0 Å². The van der Waals surface area contributed by atoms with Crippen LogP contribution in [0.3, 0.4) is 0 Å². The van der Waals surface area contributed by atoms with E-state index >= 15 is 0 Å². The Labute approximate surface area is 195 Å².